The molecule has 1 heterocycles. The number of amides is 1. The number of carbonyl (C=O) groups is 1. The molecule has 3 aromatic carbocycles. The lowest BCUT2D eigenvalue weighted by Crippen LogP contribution is -2.29. The zero-order valence-electron chi connectivity index (χ0n) is 19.7. The molecule has 6 nitrogen and oxygen atoms in total. The molecule has 0 aliphatic rings. The molecule has 7 heteroatoms. The molecule has 0 saturated carbocycles. The van der Waals surface area contributed by atoms with Crippen LogP contribution in [0.3, 0.4) is 0 Å². The van der Waals surface area contributed by atoms with Crippen LogP contribution >= 0.6 is 12.2 Å². The molecule has 1 unspecified atom stereocenters. The fourth-order valence-corrected chi connectivity index (χ4v) is 4.45. The molecule has 35 heavy (non-hydrogen) atoms. The van der Waals surface area contributed by atoms with E-state index in [9.17, 15) is 9.59 Å². The van der Waals surface area contributed by atoms with Crippen molar-refractivity contribution in [3.63, 3.8) is 0 Å². The first-order valence-electron chi connectivity index (χ1n) is 11.8. The van der Waals surface area contributed by atoms with Crippen LogP contribution in [0.5, 0.6) is 5.75 Å². The summed E-state index contributed by atoms with van der Waals surface area (Å²) in [6.07, 6.45) is 2.73. The van der Waals surface area contributed by atoms with Gasteiger partial charge in [-0.05, 0) is 60.5 Å². The lowest BCUT2D eigenvalue weighted by atomic mass is 9.98. The minimum absolute atomic E-state index is 0.00478. The molecular formula is C28H29N3O3S. The maximum absolute atomic E-state index is 12.8. The number of benzene rings is 3. The second kappa shape index (κ2) is 11.6. The van der Waals surface area contributed by atoms with Crippen molar-refractivity contribution in [3.05, 3.63) is 105 Å². The first-order chi connectivity index (χ1) is 17.1. The third-order valence-electron chi connectivity index (χ3n) is 6.06. The van der Waals surface area contributed by atoms with E-state index in [1.807, 2.05) is 72.8 Å². The van der Waals surface area contributed by atoms with E-state index in [0.717, 1.165) is 41.7 Å². The van der Waals surface area contributed by atoms with Crippen molar-refractivity contribution in [3.8, 4) is 5.75 Å². The van der Waals surface area contributed by atoms with E-state index in [0.29, 0.717) is 23.1 Å². The number of nitrogens with zero attached hydrogens (tertiary/aromatic N) is 1. The average Bonchev–Trinajstić information content (AvgIpc) is 2.89. The monoisotopic (exact) mass is 487 g/mol. The summed E-state index contributed by atoms with van der Waals surface area (Å²) in [5, 5.41) is 3.81. The van der Waals surface area contributed by atoms with E-state index in [1.54, 1.807) is 17.7 Å². The van der Waals surface area contributed by atoms with Gasteiger partial charge in [0.25, 0.3) is 5.56 Å². The van der Waals surface area contributed by atoms with Gasteiger partial charge in [-0.3, -0.25) is 14.2 Å². The van der Waals surface area contributed by atoms with Gasteiger partial charge < -0.3 is 15.0 Å². The summed E-state index contributed by atoms with van der Waals surface area (Å²) in [5.41, 5.74) is 2.69. The minimum Gasteiger partial charge on any atom is -0.497 e. The standard InChI is InChI=1S/C28H29N3O3S/c1-34-22-17-15-21(16-18-22)26(20-10-4-2-5-11-20)30-25(32)14-6-3-9-19-31-27(33)23-12-7-8-13-24(23)29-28(31)35/h2,4-5,7-8,10-13,15-18,26H,3,6,9,14,19H2,1H3,(H,29,35)(H,30,32). The van der Waals surface area contributed by atoms with E-state index >= 15 is 0 Å². The summed E-state index contributed by atoms with van der Waals surface area (Å²) in [4.78, 5) is 28.7. The zero-order chi connectivity index (χ0) is 24.6. The number of rotatable bonds is 10. The molecule has 180 valence electrons. The Morgan fingerprint density at radius 1 is 0.943 bits per heavy atom. The summed E-state index contributed by atoms with van der Waals surface area (Å²) in [7, 11) is 1.63. The maximum Gasteiger partial charge on any atom is 0.262 e. The van der Waals surface area contributed by atoms with E-state index in [1.165, 1.54) is 0 Å². The van der Waals surface area contributed by atoms with Gasteiger partial charge in [-0.15, -0.1) is 0 Å². The Morgan fingerprint density at radius 3 is 2.37 bits per heavy atom. The van der Waals surface area contributed by atoms with Gasteiger partial charge in [-0.2, -0.15) is 0 Å². The Labute approximate surface area is 209 Å². The third kappa shape index (κ3) is 6.05. The van der Waals surface area contributed by atoms with Crippen molar-refractivity contribution in [2.24, 2.45) is 0 Å². The lowest BCUT2D eigenvalue weighted by molar-refractivity contribution is -0.121. The Morgan fingerprint density at radius 2 is 1.63 bits per heavy atom. The Bertz CT molecular complexity index is 1400. The predicted octanol–water partition coefficient (Wildman–Crippen LogP) is 5.53. The van der Waals surface area contributed by atoms with Crippen LogP contribution in [-0.4, -0.2) is 22.6 Å². The molecule has 0 spiro atoms. The van der Waals surface area contributed by atoms with E-state index in [2.05, 4.69) is 10.3 Å². The fraction of sp³-hybridized carbons (Fsp3) is 0.250. The number of aromatic amines is 1. The van der Waals surface area contributed by atoms with Gasteiger partial charge in [0, 0.05) is 13.0 Å². The maximum atomic E-state index is 12.8. The van der Waals surface area contributed by atoms with Gasteiger partial charge in [0.1, 0.15) is 5.75 Å². The third-order valence-corrected chi connectivity index (χ3v) is 6.38. The van der Waals surface area contributed by atoms with Crippen LogP contribution in [0.15, 0.2) is 83.7 Å². The van der Waals surface area contributed by atoms with Crippen molar-refractivity contribution in [2.75, 3.05) is 7.11 Å². The highest BCUT2D eigenvalue weighted by molar-refractivity contribution is 7.71. The Hall–Kier alpha value is -3.71. The highest BCUT2D eigenvalue weighted by Gasteiger charge is 2.17. The second-order valence-corrected chi connectivity index (χ2v) is 8.81. The predicted molar refractivity (Wildman–Crippen MR) is 141 cm³/mol. The van der Waals surface area contributed by atoms with Gasteiger partial charge in [-0.25, -0.2) is 0 Å². The number of hydrogen-bond donors (Lipinski definition) is 2. The molecule has 0 aliphatic heterocycles. The topological polar surface area (TPSA) is 76.1 Å². The largest absolute Gasteiger partial charge is 0.497 e. The number of carbonyl (C=O) groups excluding carboxylic acids is 1. The highest BCUT2D eigenvalue weighted by Crippen LogP contribution is 2.24. The number of methoxy groups -OCH3 is 1. The normalized spacial score (nSPS) is 11.8. The van der Waals surface area contributed by atoms with Gasteiger partial charge in [0.2, 0.25) is 5.91 Å². The molecule has 0 fully saturated rings. The summed E-state index contributed by atoms with van der Waals surface area (Å²) in [5.74, 6) is 0.770. The van der Waals surface area contributed by atoms with Gasteiger partial charge in [-0.1, -0.05) is 61.0 Å². The molecule has 0 aliphatic carbocycles. The number of aromatic nitrogens is 2. The molecule has 1 aromatic heterocycles. The number of H-pyrrole nitrogens is 1. The van der Waals surface area contributed by atoms with Crippen molar-refractivity contribution in [1.29, 1.82) is 0 Å². The van der Waals surface area contributed by atoms with Crippen LogP contribution < -0.4 is 15.6 Å². The molecule has 0 radical (unpaired) electrons. The minimum atomic E-state index is -0.232. The molecule has 1 atom stereocenters. The van der Waals surface area contributed by atoms with Crippen LogP contribution in [0, 0.1) is 4.77 Å². The van der Waals surface area contributed by atoms with Gasteiger partial charge in [0.15, 0.2) is 4.77 Å². The number of ether oxygens (including phenoxy) is 1. The smallest absolute Gasteiger partial charge is 0.262 e. The van der Waals surface area contributed by atoms with Crippen LogP contribution in [0.4, 0.5) is 0 Å². The molecule has 4 aromatic rings. The molecule has 2 N–H and O–H groups in total. The van der Waals surface area contributed by atoms with Crippen LogP contribution in [0.2, 0.25) is 0 Å². The number of unbranched alkanes of at least 4 members (excludes halogenated alkanes) is 2. The zero-order valence-corrected chi connectivity index (χ0v) is 20.5. The molecule has 4 rings (SSSR count). The Kier molecular flexibility index (Phi) is 8.11. The van der Waals surface area contributed by atoms with Gasteiger partial charge >= 0.3 is 0 Å². The van der Waals surface area contributed by atoms with Crippen LogP contribution in [0.25, 0.3) is 10.9 Å². The van der Waals surface area contributed by atoms with E-state index in [4.69, 9.17) is 17.0 Å². The second-order valence-electron chi connectivity index (χ2n) is 8.43. The van der Waals surface area contributed by atoms with Crippen molar-refractivity contribution in [2.45, 2.75) is 38.3 Å². The quantitative estimate of drug-likeness (QED) is 0.228. The molecule has 1 amide bonds. The van der Waals surface area contributed by atoms with Crippen molar-refractivity contribution < 1.29 is 9.53 Å². The van der Waals surface area contributed by atoms with Gasteiger partial charge in [0.05, 0.1) is 24.1 Å². The molecule has 0 bridgehead atoms. The van der Waals surface area contributed by atoms with Crippen molar-refractivity contribution in [1.82, 2.24) is 14.9 Å². The van der Waals surface area contributed by atoms with Crippen LogP contribution in [-0.2, 0) is 11.3 Å². The highest BCUT2D eigenvalue weighted by atomic mass is 32.1. The first-order valence-corrected chi connectivity index (χ1v) is 12.2. The summed E-state index contributed by atoms with van der Waals surface area (Å²) in [6, 6.07) is 24.8. The summed E-state index contributed by atoms with van der Waals surface area (Å²) in [6.45, 7) is 0.527. The Balaban J connectivity index is 1.33. The van der Waals surface area contributed by atoms with Crippen LogP contribution in [0.1, 0.15) is 42.9 Å². The SMILES string of the molecule is COc1ccc(C(NC(=O)CCCCCn2c(=S)[nH]c3ccccc3c2=O)c2ccccc2)cc1. The van der Waals surface area contributed by atoms with E-state index in [-0.39, 0.29) is 17.5 Å². The fourth-order valence-electron chi connectivity index (χ4n) is 4.17. The summed E-state index contributed by atoms with van der Waals surface area (Å²) >= 11 is 5.38. The lowest BCUT2D eigenvalue weighted by Gasteiger charge is -2.20. The average molecular weight is 488 g/mol. The number of hydrogen-bond acceptors (Lipinski definition) is 4. The summed E-state index contributed by atoms with van der Waals surface area (Å²) < 4.78 is 7.29. The first kappa shape index (κ1) is 24.4. The van der Waals surface area contributed by atoms with Crippen molar-refractivity contribution >= 4 is 29.0 Å². The number of nitrogens with one attached hydrogen (secondary N) is 2. The molecule has 0 saturated heterocycles. The number of para-hydroxylation sites is 1. The molecular weight excluding hydrogens is 458 g/mol. The number of fused-ring (bicyclic) bond motifs is 1. The van der Waals surface area contributed by atoms with E-state index < -0.39 is 0 Å².